The van der Waals surface area contributed by atoms with Crippen LogP contribution in [-0.4, -0.2) is 43.5 Å². The van der Waals surface area contributed by atoms with E-state index in [1.165, 1.54) is 0 Å². The quantitative estimate of drug-likeness (QED) is 0.800. The van der Waals surface area contributed by atoms with E-state index in [1.807, 2.05) is 30.3 Å². The van der Waals surface area contributed by atoms with Crippen molar-refractivity contribution in [3.63, 3.8) is 0 Å². The van der Waals surface area contributed by atoms with Crippen LogP contribution >= 0.6 is 0 Å². The molecular formula is C18H28N2O3. The average Bonchev–Trinajstić information content (AvgIpc) is 3.03. The van der Waals surface area contributed by atoms with Gasteiger partial charge in [-0.1, -0.05) is 50.6 Å². The van der Waals surface area contributed by atoms with Crippen LogP contribution in [0.1, 0.15) is 32.3 Å². The molecule has 2 rings (SSSR count). The lowest BCUT2D eigenvalue weighted by molar-refractivity contribution is -0.0164. The van der Waals surface area contributed by atoms with E-state index in [9.17, 15) is 4.79 Å². The summed E-state index contributed by atoms with van der Waals surface area (Å²) in [5, 5.41) is 2.77. The van der Waals surface area contributed by atoms with Gasteiger partial charge in [0.1, 0.15) is 12.8 Å². The van der Waals surface area contributed by atoms with Gasteiger partial charge in [0.25, 0.3) is 0 Å². The Morgan fingerprint density at radius 2 is 2.22 bits per heavy atom. The lowest BCUT2D eigenvalue weighted by atomic mass is 10.0. The van der Waals surface area contributed by atoms with Gasteiger partial charge >= 0.3 is 6.09 Å². The summed E-state index contributed by atoms with van der Waals surface area (Å²) in [6, 6.07) is 9.81. The molecule has 1 aromatic carbocycles. The first-order valence-electron chi connectivity index (χ1n) is 8.51. The van der Waals surface area contributed by atoms with E-state index < -0.39 is 0 Å². The lowest BCUT2D eigenvalue weighted by Gasteiger charge is -2.27. The van der Waals surface area contributed by atoms with Gasteiger partial charge < -0.3 is 14.8 Å². The highest BCUT2D eigenvalue weighted by Gasteiger charge is 2.29. The molecule has 128 valence electrons. The van der Waals surface area contributed by atoms with Gasteiger partial charge in [-0.05, 0) is 17.9 Å². The summed E-state index contributed by atoms with van der Waals surface area (Å²) in [5.74, 6) is 0.509. The Balaban J connectivity index is 1.64. The second kappa shape index (κ2) is 9.53. The lowest BCUT2D eigenvalue weighted by Crippen LogP contribution is -2.38. The molecule has 5 nitrogen and oxygen atoms in total. The van der Waals surface area contributed by atoms with E-state index in [1.54, 1.807) is 0 Å². The summed E-state index contributed by atoms with van der Waals surface area (Å²) in [7, 11) is 0. The van der Waals surface area contributed by atoms with Crippen molar-refractivity contribution in [3.05, 3.63) is 35.9 Å². The van der Waals surface area contributed by atoms with Crippen LogP contribution < -0.4 is 5.32 Å². The molecule has 0 aromatic heterocycles. The molecule has 1 fully saturated rings. The SMILES string of the molecule is CCCC(C)C1OCCN1CCOC(=O)NCc1ccccc1. The van der Waals surface area contributed by atoms with Crippen molar-refractivity contribution in [1.29, 1.82) is 0 Å². The van der Waals surface area contributed by atoms with Gasteiger partial charge in [-0.25, -0.2) is 4.79 Å². The summed E-state index contributed by atoms with van der Waals surface area (Å²) >= 11 is 0. The predicted molar refractivity (Wildman–Crippen MR) is 90.0 cm³/mol. The number of hydrogen-bond acceptors (Lipinski definition) is 4. The second-order valence-corrected chi connectivity index (χ2v) is 6.04. The first-order chi connectivity index (χ1) is 11.2. The van der Waals surface area contributed by atoms with E-state index in [-0.39, 0.29) is 12.3 Å². The minimum atomic E-state index is -0.368. The molecule has 1 aromatic rings. The topological polar surface area (TPSA) is 50.8 Å². The molecule has 0 spiro atoms. The Hall–Kier alpha value is -1.59. The van der Waals surface area contributed by atoms with Crippen LogP contribution in [0, 0.1) is 5.92 Å². The van der Waals surface area contributed by atoms with Crippen LogP contribution in [0.4, 0.5) is 4.79 Å². The van der Waals surface area contributed by atoms with E-state index in [2.05, 4.69) is 24.1 Å². The minimum Gasteiger partial charge on any atom is -0.448 e. The Labute approximate surface area is 139 Å². The Morgan fingerprint density at radius 1 is 1.43 bits per heavy atom. The van der Waals surface area contributed by atoms with Crippen molar-refractivity contribution >= 4 is 6.09 Å². The summed E-state index contributed by atoms with van der Waals surface area (Å²) in [6.07, 6.45) is 2.10. The Kier molecular flexibility index (Phi) is 7.36. The van der Waals surface area contributed by atoms with E-state index in [4.69, 9.17) is 9.47 Å². The fourth-order valence-electron chi connectivity index (χ4n) is 2.96. The molecule has 0 saturated carbocycles. The summed E-state index contributed by atoms with van der Waals surface area (Å²) in [4.78, 5) is 14.0. The number of carbonyl (C=O) groups is 1. The number of carbonyl (C=O) groups excluding carboxylic acids is 1. The number of hydrogen-bond donors (Lipinski definition) is 1. The molecule has 2 unspecified atom stereocenters. The first-order valence-corrected chi connectivity index (χ1v) is 8.51. The fraction of sp³-hybridized carbons (Fsp3) is 0.611. The summed E-state index contributed by atoms with van der Waals surface area (Å²) in [5.41, 5.74) is 1.06. The number of ether oxygens (including phenoxy) is 2. The van der Waals surface area contributed by atoms with Gasteiger partial charge in [-0.3, -0.25) is 4.90 Å². The maximum atomic E-state index is 11.7. The van der Waals surface area contributed by atoms with E-state index in [0.29, 0.717) is 19.1 Å². The number of amides is 1. The maximum absolute atomic E-state index is 11.7. The highest BCUT2D eigenvalue weighted by Crippen LogP contribution is 2.21. The predicted octanol–water partition coefficient (Wildman–Crippen LogP) is 3.01. The molecule has 1 amide bonds. The molecule has 2 atom stereocenters. The van der Waals surface area contributed by atoms with Gasteiger partial charge in [0.05, 0.1) is 6.61 Å². The maximum Gasteiger partial charge on any atom is 0.407 e. The van der Waals surface area contributed by atoms with Gasteiger partial charge in [0.2, 0.25) is 0 Å². The van der Waals surface area contributed by atoms with Crippen molar-refractivity contribution in [2.75, 3.05) is 26.3 Å². The molecule has 0 bridgehead atoms. The van der Waals surface area contributed by atoms with Crippen LogP contribution in [0.5, 0.6) is 0 Å². The third-order valence-electron chi connectivity index (χ3n) is 4.15. The molecule has 5 heteroatoms. The van der Waals surface area contributed by atoms with Crippen LogP contribution in [0.2, 0.25) is 0 Å². The van der Waals surface area contributed by atoms with Crippen molar-refractivity contribution in [2.24, 2.45) is 5.92 Å². The first kappa shape index (κ1) is 17.8. The zero-order chi connectivity index (χ0) is 16.5. The van der Waals surface area contributed by atoms with Gasteiger partial charge in [0.15, 0.2) is 0 Å². The number of rotatable bonds is 8. The summed E-state index contributed by atoms with van der Waals surface area (Å²) < 4.78 is 11.1. The highest BCUT2D eigenvalue weighted by atomic mass is 16.6. The monoisotopic (exact) mass is 320 g/mol. The number of nitrogens with one attached hydrogen (secondary N) is 1. The van der Waals surface area contributed by atoms with Crippen molar-refractivity contribution < 1.29 is 14.3 Å². The third-order valence-corrected chi connectivity index (χ3v) is 4.15. The summed E-state index contributed by atoms with van der Waals surface area (Å²) in [6.45, 7) is 7.68. The van der Waals surface area contributed by atoms with Crippen LogP contribution in [-0.2, 0) is 16.0 Å². The second-order valence-electron chi connectivity index (χ2n) is 6.04. The Morgan fingerprint density at radius 3 is 2.96 bits per heavy atom. The molecule has 1 aliphatic rings. The Bertz CT molecular complexity index is 467. The molecule has 0 radical (unpaired) electrons. The molecular weight excluding hydrogens is 292 g/mol. The molecule has 1 aliphatic heterocycles. The number of alkyl carbamates (subject to hydrolysis) is 1. The van der Waals surface area contributed by atoms with Crippen LogP contribution in [0.15, 0.2) is 30.3 Å². The van der Waals surface area contributed by atoms with Crippen LogP contribution in [0.25, 0.3) is 0 Å². The van der Waals surface area contributed by atoms with Crippen molar-refractivity contribution in [1.82, 2.24) is 10.2 Å². The largest absolute Gasteiger partial charge is 0.448 e. The van der Waals surface area contributed by atoms with Gasteiger partial charge in [-0.2, -0.15) is 0 Å². The number of nitrogens with zero attached hydrogens (tertiary/aromatic N) is 1. The zero-order valence-electron chi connectivity index (χ0n) is 14.2. The standard InChI is InChI=1S/C18H28N2O3/c1-3-7-15(2)17-20(10-12-22-17)11-13-23-18(21)19-14-16-8-5-4-6-9-16/h4-6,8-9,15,17H,3,7,10-14H2,1-2H3,(H,19,21). The van der Waals surface area contributed by atoms with Crippen molar-refractivity contribution in [2.45, 2.75) is 39.5 Å². The molecule has 23 heavy (non-hydrogen) atoms. The minimum absolute atomic E-state index is 0.158. The van der Waals surface area contributed by atoms with Gasteiger partial charge in [0, 0.05) is 19.6 Å². The normalized spacial score (nSPS) is 19.5. The molecule has 1 heterocycles. The van der Waals surface area contributed by atoms with E-state index in [0.717, 1.165) is 38.1 Å². The fourth-order valence-corrected chi connectivity index (χ4v) is 2.96. The van der Waals surface area contributed by atoms with Crippen LogP contribution in [0.3, 0.4) is 0 Å². The number of benzene rings is 1. The molecule has 0 aliphatic carbocycles. The molecule has 1 saturated heterocycles. The van der Waals surface area contributed by atoms with Crippen molar-refractivity contribution in [3.8, 4) is 0 Å². The van der Waals surface area contributed by atoms with Gasteiger partial charge in [-0.15, -0.1) is 0 Å². The molecule has 1 N–H and O–H groups in total. The average molecular weight is 320 g/mol. The van der Waals surface area contributed by atoms with E-state index >= 15 is 0 Å². The highest BCUT2D eigenvalue weighted by molar-refractivity contribution is 5.67. The smallest absolute Gasteiger partial charge is 0.407 e. The zero-order valence-corrected chi connectivity index (χ0v) is 14.2. The third kappa shape index (κ3) is 5.84.